The molecule has 1 fully saturated rings. The minimum Gasteiger partial charge on any atom is -0.480 e. The van der Waals surface area contributed by atoms with Gasteiger partial charge in [-0.05, 0) is 67.3 Å². The maximum Gasteiger partial charge on any atom is 0.326 e. The minimum absolute atomic E-state index is 0.0261. The average molecular weight is 851 g/mol. The zero-order chi connectivity index (χ0) is 45.6. The summed E-state index contributed by atoms with van der Waals surface area (Å²) < 4.78 is 12.0. The zero-order valence-corrected chi connectivity index (χ0v) is 38.4. The molecular formula is C47H74N6O8. The fraction of sp³-hybridized carbons (Fsp3) is 0.638. The van der Waals surface area contributed by atoms with Crippen molar-refractivity contribution >= 4 is 35.3 Å². The first kappa shape index (κ1) is 50.8. The highest BCUT2D eigenvalue weighted by Gasteiger charge is 2.43. The first-order chi connectivity index (χ1) is 28.9. The molecule has 3 rings (SSSR count). The Morgan fingerprint density at radius 1 is 0.869 bits per heavy atom. The second-order valence-electron chi connectivity index (χ2n) is 17.6. The largest absolute Gasteiger partial charge is 0.480 e. The lowest BCUT2D eigenvalue weighted by Gasteiger charge is -2.41. The highest BCUT2D eigenvalue weighted by molar-refractivity contribution is 5.90. The van der Waals surface area contributed by atoms with Gasteiger partial charge in [0, 0.05) is 46.5 Å². The van der Waals surface area contributed by atoms with Crippen LogP contribution in [0.3, 0.4) is 0 Å². The molecule has 9 unspecified atom stereocenters. The summed E-state index contributed by atoms with van der Waals surface area (Å²) in [6.07, 6.45) is 1.46. The van der Waals surface area contributed by atoms with Gasteiger partial charge in [0.1, 0.15) is 12.1 Å². The van der Waals surface area contributed by atoms with Crippen molar-refractivity contribution in [3.63, 3.8) is 0 Å². The fourth-order valence-electron chi connectivity index (χ4n) is 8.77. The van der Waals surface area contributed by atoms with Crippen LogP contribution in [0.15, 0.2) is 54.6 Å². The summed E-state index contributed by atoms with van der Waals surface area (Å²) in [6.45, 7) is 14.7. The molecule has 0 radical (unpaired) electrons. The number of benzene rings is 2. The molecule has 2 aromatic rings. The van der Waals surface area contributed by atoms with E-state index in [4.69, 9.17) is 15.2 Å². The quantitative estimate of drug-likeness (QED) is 0.109. The van der Waals surface area contributed by atoms with Gasteiger partial charge in [-0.2, -0.15) is 0 Å². The SMILES string of the molecule is CCC(C)C(C(CC(=O)N1CCCC1C(OC)C(C)C(=O)NC(Cc1ccccc1)C(=O)O)OC)N(C)C(=O)C(NC(=O)C(C(C)C)N(C)CCc1ccc(N)cc1)C(C)C. The molecular weight excluding hydrogens is 777 g/mol. The van der Waals surface area contributed by atoms with Crippen LogP contribution in [0.1, 0.15) is 85.3 Å². The average Bonchev–Trinajstić information content (AvgIpc) is 3.71. The number of ether oxygens (including phenoxy) is 2. The van der Waals surface area contributed by atoms with Gasteiger partial charge < -0.3 is 40.7 Å². The van der Waals surface area contributed by atoms with E-state index in [-0.39, 0.29) is 48.3 Å². The first-order valence-corrected chi connectivity index (χ1v) is 21.9. The summed E-state index contributed by atoms with van der Waals surface area (Å²) in [7, 11) is 6.69. The molecule has 14 heteroatoms. The van der Waals surface area contributed by atoms with Crippen molar-refractivity contribution in [2.75, 3.05) is 47.1 Å². The second kappa shape index (κ2) is 24.2. The first-order valence-electron chi connectivity index (χ1n) is 21.9. The van der Waals surface area contributed by atoms with Gasteiger partial charge in [0.2, 0.25) is 23.6 Å². The number of nitrogens with two attached hydrogens (primary N) is 1. The normalized spacial score (nSPS) is 18.2. The van der Waals surface area contributed by atoms with E-state index < -0.39 is 60.2 Å². The number of nitrogen functional groups attached to an aromatic ring is 1. The van der Waals surface area contributed by atoms with Crippen LogP contribution >= 0.6 is 0 Å². The molecule has 0 aromatic heterocycles. The predicted molar refractivity (Wildman–Crippen MR) is 238 cm³/mol. The number of nitrogens with one attached hydrogen (secondary N) is 2. The summed E-state index contributed by atoms with van der Waals surface area (Å²) in [6, 6.07) is 13.4. The van der Waals surface area contributed by atoms with Crippen LogP contribution in [0.25, 0.3) is 0 Å². The number of likely N-dealkylation sites (tertiary alicyclic amines) is 1. The Morgan fingerprint density at radius 3 is 2.05 bits per heavy atom. The van der Waals surface area contributed by atoms with Crippen molar-refractivity contribution < 1.29 is 38.6 Å². The van der Waals surface area contributed by atoms with Crippen LogP contribution in [-0.4, -0.2) is 133 Å². The molecule has 0 spiro atoms. The van der Waals surface area contributed by atoms with E-state index >= 15 is 0 Å². The molecule has 14 nitrogen and oxygen atoms in total. The highest BCUT2D eigenvalue weighted by Crippen LogP contribution is 2.30. The molecule has 340 valence electrons. The van der Waals surface area contributed by atoms with E-state index in [1.54, 1.807) is 30.9 Å². The summed E-state index contributed by atoms with van der Waals surface area (Å²) in [5, 5.41) is 15.7. The van der Waals surface area contributed by atoms with Crippen LogP contribution in [-0.2, 0) is 46.3 Å². The molecule has 5 N–H and O–H groups in total. The predicted octanol–water partition coefficient (Wildman–Crippen LogP) is 4.64. The summed E-state index contributed by atoms with van der Waals surface area (Å²) >= 11 is 0. The van der Waals surface area contributed by atoms with Crippen LogP contribution in [0.5, 0.6) is 0 Å². The van der Waals surface area contributed by atoms with Gasteiger partial charge >= 0.3 is 5.97 Å². The van der Waals surface area contributed by atoms with Crippen molar-refractivity contribution in [2.45, 2.75) is 129 Å². The molecule has 1 aliphatic rings. The van der Waals surface area contributed by atoms with Crippen LogP contribution in [0, 0.1) is 23.7 Å². The van der Waals surface area contributed by atoms with Crippen LogP contribution in [0.4, 0.5) is 5.69 Å². The molecule has 0 saturated carbocycles. The maximum atomic E-state index is 14.5. The molecule has 1 aliphatic heterocycles. The van der Waals surface area contributed by atoms with Gasteiger partial charge in [0.05, 0.1) is 42.7 Å². The van der Waals surface area contributed by atoms with Crippen molar-refractivity contribution in [1.82, 2.24) is 25.3 Å². The number of carboxylic acid groups (broad SMARTS) is 1. The Morgan fingerprint density at radius 2 is 1.51 bits per heavy atom. The van der Waals surface area contributed by atoms with Gasteiger partial charge in [-0.3, -0.25) is 24.1 Å². The molecule has 4 amide bonds. The number of nitrogens with zero attached hydrogens (tertiary/aromatic N) is 3. The lowest BCUT2D eigenvalue weighted by atomic mass is 9.89. The number of hydrogen-bond acceptors (Lipinski definition) is 9. The van der Waals surface area contributed by atoms with E-state index in [1.165, 1.54) is 7.11 Å². The number of aliphatic carboxylic acids is 1. The van der Waals surface area contributed by atoms with Crippen molar-refractivity contribution in [3.05, 3.63) is 65.7 Å². The minimum atomic E-state index is -1.14. The number of rotatable bonds is 24. The van der Waals surface area contributed by atoms with E-state index in [0.717, 1.165) is 17.5 Å². The summed E-state index contributed by atoms with van der Waals surface area (Å²) in [5.74, 6) is -3.39. The molecule has 1 heterocycles. The van der Waals surface area contributed by atoms with Gasteiger partial charge in [-0.15, -0.1) is 0 Å². The van der Waals surface area contributed by atoms with E-state index in [1.807, 2.05) is 108 Å². The second-order valence-corrected chi connectivity index (χ2v) is 17.6. The van der Waals surface area contributed by atoms with Crippen molar-refractivity contribution in [2.24, 2.45) is 23.7 Å². The standard InChI is InChI=1S/C47H74N6O8/c1-12-31(6)42(52(9)46(57)40(29(2)3)50-45(56)41(30(4)5)51(8)26-24-33-20-22-35(48)23-21-33)38(60-10)28-39(54)53-25-16-19-37(53)43(61-11)32(7)44(55)49-36(47(58)59)27-34-17-14-13-15-18-34/h13-15,17-18,20-23,29-32,36-38,40-43H,12,16,19,24-28,48H2,1-11H3,(H,49,55)(H,50,56)(H,58,59). The lowest BCUT2D eigenvalue weighted by Crippen LogP contribution is -2.60. The third-order valence-electron chi connectivity index (χ3n) is 12.5. The number of anilines is 1. The highest BCUT2D eigenvalue weighted by atomic mass is 16.5. The maximum absolute atomic E-state index is 14.5. The Hall–Kier alpha value is -4.53. The monoisotopic (exact) mass is 851 g/mol. The van der Waals surface area contributed by atoms with E-state index in [2.05, 4.69) is 10.6 Å². The fourth-order valence-corrected chi connectivity index (χ4v) is 8.77. The topological polar surface area (TPSA) is 184 Å². The Labute approximate surface area is 364 Å². The number of amides is 4. The Kier molecular flexibility index (Phi) is 20.2. The molecule has 1 saturated heterocycles. The van der Waals surface area contributed by atoms with Crippen LogP contribution in [0.2, 0.25) is 0 Å². The third-order valence-corrected chi connectivity index (χ3v) is 12.5. The number of methoxy groups -OCH3 is 2. The Bertz CT molecular complexity index is 1710. The molecule has 0 bridgehead atoms. The zero-order valence-electron chi connectivity index (χ0n) is 38.4. The molecule has 9 atom stereocenters. The summed E-state index contributed by atoms with van der Waals surface area (Å²) in [5.41, 5.74) is 8.46. The molecule has 2 aromatic carbocycles. The number of likely N-dealkylation sites (N-methyl/N-ethyl adjacent to an activating group) is 2. The molecule has 61 heavy (non-hydrogen) atoms. The summed E-state index contributed by atoms with van der Waals surface area (Å²) in [4.78, 5) is 74.0. The van der Waals surface area contributed by atoms with Gasteiger partial charge in [-0.1, -0.05) is 97.4 Å². The lowest BCUT2D eigenvalue weighted by molar-refractivity contribution is -0.148. The Balaban J connectivity index is 1.76. The molecule has 0 aliphatic carbocycles. The number of hydrogen-bond donors (Lipinski definition) is 4. The smallest absolute Gasteiger partial charge is 0.326 e. The van der Waals surface area contributed by atoms with E-state index in [9.17, 15) is 29.1 Å². The van der Waals surface area contributed by atoms with Gasteiger partial charge in [0.25, 0.3) is 0 Å². The van der Waals surface area contributed by atoms with Crippen molar-refractivity contribution in [1.29, 1.82) is 0 Å². The number of carboxylic acids is 1. The van der Waals surface area contributed by atoms with Crippen LogP contribution < -0.4 is 16.4 Å². The third kappa shape index (κ3) is 14.0. The van der Waals surface area contributed by atoms with Gasteiger partial charge in [-0.25, -0.2) is 4.79 Å². The van der Waals surface area contributed by atoms with E-state index in [0.29, 0.717) is 38.0 Å². The number of carbonyl (C=O) groups excluding carboxylic acids is 4. The van der Waals surface area contributed by atoms with Gasteiger partial charge in [0.15, 0.2) is 0 Å². The number of carbonyl (C=O) groups is 5. The van der Waals surface area contributed by atoms with Crippen molar-refractivity contribution in [3.8, 4) is 0 Å².